The maximum Gasteiger partial charge on any atom is 0.469 e. The van der Waals surface area contributed by atoms with Crippen molar-refractivity contribution in [2.75, 3.05) is 42.3 Å². The smallest absolute Gasteiger partial charge is 0.469 e. The maximum absolute atomic E-state index is 13.1. The van der Waals surface area contributed by atoms with E-state index in [1.807, 2.05) is 49.4 Å². The maximum atomic E-state index is 13.1. The summed E-state index contributed by atoms with van der Waals surface area (Å²) in [6.07, 6.45) is 0.146. The van der Waals surface area contributed by atoms with Gasteiger partial charge in [0.15, 0.2) is 0 Å². The van der Waals surface area contributed by atoms with E-state index in [-0.39, 0.29) is 19.4 Å². The molecule has 1 atom stereocenters. The predicted molar refractivity (Wildman–Crippen MR) is 154 cm³/mol. The molecule has 2 amide bonds. The molecular weight excluding hydrogens is 521 g/mol. The number of phosphoric ester groups is 1. The Balaban J connectivity index is 2.46. The number of anilines is 3. The van der Waals surface area contributed by atoms with Gasteiger partial charge >= 0.3 is 19.8 Å². The number of carbonyl (C=O) groups is 2. The number of nitrogens with zero attached hydrogens (tertiary/aromatic N) is 1. The Hall–Kier alpha value is -2.91. The molecule has 0 aromatic heterocycles. The summed E-state index contributed by atoms with van der Waals surface area (Å²) in [5, 5.41) is 5.84. The van der Waals surface area contributed by atoms with Gasteiger partial charge in [-0.05, 0) is 60.9 Å². The minimum Gasteiger partial charge on any atom is -0.469 e. The summed E-state index contributed by atoms with van der Waals surface area (Å²) in [6, 6.07) is 12.6. The molecule has 11 heteroatoms. The summed E-state index contributed by atoms with van der Waals surface area (Å²) in [6.45, 7) is 11.8. The van der Waals surface area contributed by atoms with Crippen molar-refractivity contribution >= 4 is 36.9 Å². The number of methoxy groups -OCH3 is 1. The van der Waals surface area contributed by atoms with Gasteiger partial charge in [0.2, 0.25) is 0 Å². The summed E-state index contributed by atoms with van der Waals surface area (Å²) in [5.41, 5.74) is 3.83. The standard InChI is InChI=1S/C28H42N3O7P/c1-19(2)17-31(18-20(3)4)26-12-9-22(23(16-27(32)37-6)13-14-38-39(34,35)36)15-25(26)30-28(33)29-24-10-7-21(5)8-11-24/h7-12,15,19-20,23H,13-14,16-18H2,1-6H3,(H2,29,30,33)(H2,34,35,36)/t23-/m0/s1. The third kappa shape index (κ3) is 11.8. The van der Waals surface area contributed by atoms with Crippen LogP contribution in [0.1, 0.15) is 57.6 Å². The lowest BCUT2D eigenvalue weighted by atomic mass is 9.92. The summed E-state index contributed by atoms with van der Waals surface area (Å²) >= 11 is 0. The molecule has 0 saturated carbocycles. The van der Waals surface area contributed by atoms with Crippen LogP contribution < -0.4 is 15.5 Å². The van der Waals surface area contributed by atoms with Crippen LogP contribution in [0.4, 0.5) is 21.9 Å². The van der Waals surface area contributed by atoms with Crippen LogP contribution in [0.5, 0.6) is 0 Å². The van der Waals surface area contributed by atoms with Crippen LogP contribution in [0.2, 0.25) is 0 Å². The van der Waals surface area contributed by atoms with Gasteiger partial charge in [0.05, 0.1) is 31.5 Å². The van der Waals surface area contributed by atoms with E-state index in [1.165, 1.54) is 7.11 Å². The molecule has 0 heterocycles. The number of carbonyl (C=O) groups excluding carboxylic acids is 2. The zero-order valence-electron chi connectivity index (χ0n) is 23.6. The fourth-order valence-corrected chi connectivity index (χ4v) is 4.59. The van der Waals surface area contributed by atoms with Crippen molar-refractivity contribution in [1.29, 1.82) is 0 Å². The van der Waals surface area contributed by atoms with E-state index in [0.29, 0.717) is 28.8 Å². The van der Waals surface area contributed by atoms with Crippen LogP contribution in [-0.2, 0) is 18.6 Å². The van der Waals surface area contributed by atoms with Crippen molar-refractivity contribution < 1.29 is 33.2 Å². The SMILES string of the molecule is COC(=O)C[C@H](CCOP(=O)(O)O)c1ccc(N(CC(C)C)CC(C)C)c(NC(=O)Nc2ccc(C)cc2)c1. The van der Waals surface area contributed by atoms with Crippen molar-refractivity contribution in [2.24, 2.45) is 11.8 Å². The van der Waals surface area contributed by atoms with Gasteiger partial charge in [0.25, 0.3) is 0 Å². The number of nitrogens with one attached hydrogen (secondary N) is 2. The van der Waals surface area contributed by atoms with E-state index in [0.717, 1.165) is 24.3 Å². The number of benzene rings is 2. The van der Waals surface area contributed by atoms with Crippen molar-refractivity contribution in [3.05, 3.63) is 53.6 Å². The molecule has 39 heavy (non-hydrogen) atoms. The van der Waals surface area contributed by atoms with Gasteiger partial charge in [-0.25, -0.2) is 9.36 Å². The van der Waals surface area contributed by atoms with Gasteiger partial charge in [-0.1, -0.05) is 51.5 Å². The Morgan fingerprint density at radius 1 is 0.974 bits per heavy atom. The van der Waals surface area contributed by atoms with Crippen molar-refractivity contribution in [3.8, 4) is 0 Å². The molecule has 2 aromatic carbocycles. The number of urea groups is 1. The molecule has 0 radical (unpaired) electrons. The average molecular weight is 564 g/mol. The number of phosphoric acid groups is 1. The van der Waals surface area contributed by atoms with Crippen LogP contribution in [0, 0.1) is 18.8 Å². The molecule has 216 valence electrons. The number of rotatable bonds is 14. The lowest BCUT2D eigenvalue weighted by Gasteiger charge is -2.31. The molecule has 0 unspecified atom stereocenters. The van der Waals surface area contributed by atoms with Crippen LogP contribution >= 0.6 is 7.82 Å². The van der Waals surface area contributed by atoms with Crippen molar-refractivity contribution in [1.82, 2.24) is 0 Å². The first-order chi connectivity index (χ1) is 18.3. The molecule has 2 aromatic rings. The van der Waals surface area contributed by atoms with Gasteiger partial charge in [-0.3, -0.25) is 9.32 Å². The van der Waals surface area contributed by atoms with E-state index < -0.39 is 25.7 Å². The Labute approximate surface area is 231 Å². The molecule has 0 bridgehead atoms. The molecule has 0 aliphatic heterocycles. The second kappa shape index (κ2) is 15.0. The van der Waals surface area contributed by atoms with Gasteiger partial charge in [0, 0.05) is 18.8 Å². The number of aryl methyl sites for hydroxylation is 1. The Morgan fingerprint density at radius 2 is 1.59 bits per heavy atom. The van der Waals surface area contributed by atoms with Gasteiger partial charge < -0.3 is 30.1 Å². The molecule has 0 fully saturated rings. The zero-order valence-corrected chi connectivity index (χ0v) is 24.5. The lowest BCUT2D eigenvalue weighted by molar-refractivity contribution is -0.141. The van der Waals surface area contributed by atoms with Crippen LogP contribution in [0.15, 0.2) is 42.5 Å². The summed E-state index contributed by atoms with van der Waals surface area (Å²) < 4.78 is 20.7. The van der Waals surface area contributed by atoms with Crippen LogP contribution in [-0.4, -0.2) is 48.6 Å². The highest BCUT2D eigenvalue weighted by Crippen LogP contribution is 2.38. The van der Waals surface area contributed by atoms with Gasteiger partial charge in [-0.15, -0.1) is 0 Å². The summed E-state index contributed by atoms with van der Waals surface area (Å²) in [5.74, 6) is -0.181. The highest BCUT2D eigenvalue weighted by Gasteiger charge is 2.23. The van der Waals surface area contributed by atoms with Crippen molar-refractivity contribution in [3.63, 3.8) is 0 Å². The monoisotopic (exact) mass is 563 g/mol. The minimum atomic E-state index is -4.66. The quantitative estimate of drug-likeness (QED) is 0.165. The Bertz CT molecular complexity index is 1120. The van der Waals surface area contributed by atoms with Crippen molar-refractivity contribution in [2.45, 2.75) is 53.4 Å². The normalized spacial score (nSPS) is 12.4. The molecule has 0 aliphatic rings. The second-order valence-electron chi connectivity index (χ2n) is 10.5. The topological polar surface area (TPSA) is 137 Å². The number of hydrogen-bond donors (Lipinski definition) is 4. The fraction of sp³-hybridized carbons (Fsp3) is 0.500. The molecule has 10 nitrogen and oxygen atoms in total. The Kier molecular flexibility index (Phi) is 12.4. The highest BCUT2D eigenvalue weighted by atomic mass is 31.2. The zero-order chi connectivity index (χ0) is 29.2. The number of hydrogen-bond acceptors (Lipinski definition) is 6. The molecule has 0 saturated heterocycles. The Morgan fingerprint density at radius 3 is 2.13 bits per heavy atom. The predicted octanol–water partition coefficient (Wildman–Crippen LogP) is 5.90. The first kappa shape index (κ1) is 32.3. The van der Waals surface area contributed by atoms with E-state index in [9.17, 15) is 14.2 Å². The third-order valence-electron chi connectivity index (χ3n) is 5.93. The second-order valence-corrected chi connectivity index (χ2v) is 11.7. The van der Waals surface area contributed by atoms with Crippen LogP contribution in [0.25, 0.3) is 0 Å². The van der Waals surface area contributed by atoms with E-state index in [4.69, 9.17) is 14.5 Å². The first-order valence-electron chi connectivity index (χ1n) is 13.1. The van der Waals surface area contributed by atoms with E-state index >= 15 is 0 Å². The average Bonchev–Trinajstić information content (AvgIpc) is 2.83. The van der Waals surface area contributed by atoms with Gasteiger partial charge in [0.1, 0.15) is 0 Å². The van der Waals surface area contributed by atoms with Crippen LogP contribution in [0.3, 0.4) is 0 Å². The summed E-state index contributed by atoms with van der Waals surface area (Å²) in [4.78, 5) is 45.6. The third-order valence-corrected chi connectivity index (χ3v) is 6.45. The van der Waals surface area contributed by atoms with E-state index in [1.54, 1.807) is 0 Å². The molecule has 2 rings (SSSR count). The summed E-state index contributed by atoms with van der Waals surface area (Å²) in [7, 11) is -3.37. The number of esters is 1. The largest absolute Gasteiger partial charge is 0.469 e. The minimum absolute atomic E-state index is 0.0168. The highest BCUT2D eigenvalue weighted by molar-refractivity contribution is 7.46. The fourth-order valence-electron chi connectivity index (χ4n) is 4.24. The molecule has 4 N–H and O–H groups in total. The molecule has 0 spiro atoms. The number of ether oxygens (including phenoxy) is 1. The number of amides is 2. The lowest BCUT2D eigenvalue weighted by Crippen LogP contribution is -2.32. The molecular formula is C28H42N3O7P. The first-order valence-corrected chi connectivity index (χ1v) is 14.6. The molecule has 0 aliphatic carbocycles. The van der Waals surface area contributed by atoms with E-state index in [2.05, 4.69) is 47.8 Å². The van der Waals surface area contributed by atoms with Gasteiger partial charge in [-0.2, -0.15) is 0 Å².